The van der Waals surface area contributed by atoms with E-state index in [4.69, 9.17) is 4.74 Å². The van der Waals surface area contributed by atoms with Crippen LogP contribution in [0.15, 0.2) is 30.5 Å². The minimum absolute atomic E-state index is 0.108. The largest absolute Gasteiger partial charge is 0.378 e. The highest BCUT2D eigenvalue weighted by molar-refractivity contribution is 5.40. The number of methoxy groups -OCH3 is 1. The molecule has 0 N–H and O–H groups in total. The highest BCUT2D eigenvalue weighted by Gasteiger charge is 2.34. The molecule has 3 rings (SSSR count). The Morgan fingerprint density at radius 1 is 1.29 bits per heavy atom. The molecular formula is C17H23N3O. The molecule has 0 bridgehead atoms. The number of ether oxygens (including phenoxy) is 1. The summed E-state index contributed by atoms with van der Waals surface area (Å²) >= 11 is 0. The van der Waals surface area contributed by atoms with Crippen LogP contribution in [0.4, 0.5) is 0 Å². The second-order valence-electron chi connectivity index (χ2n) is 6.34. The van der Waals surface area contributed by atoms with Crippen molar-refractivity contribution in [3.63, 3.8) is 0 Å². The van der Waals surface area contributed by atoms with Crippen molar-refractivity contribution in [1.29, 1.82) is 0 Å². The zero-order chi connectivity index (χ0) is 15.0. The molecule has 4 nitrogen and oxygen atoms in total. The van der Waals surface area contributed by atoms with Gasteiger partial charge in [-0.3, -0.25) is 9.58 Å². The first-order valence-electron chi connectivity index (χ1n) is 7.35. The minimum atomic E-state index is 0.108. The van der Waals surface area contributed by atoms with E-state index in [2.05, 4.69) is 49.1 Å². The van der Waals surface area contributed by atoms with Gasteiger partial charge in [-0.1, -0.05) is 18.2 Å². The van der Waals surface area contributed by atoms with E-state index in [9.17, 15) is 0 Å². The molecule has 21 heavy (non-hydrogen) atoms. The molecule has 1 aromatic heterocycles. The quantitative estimate of drug-likeness (QED) is 0.865. The lowest BCUT2D eigenvalue weighted by Gasteiger charge is -2.28. The topological polar surface area (TPSA) is 30.3 Å². The monoisotopic (exact) mass is 285 g/mol. The van der Waals surface area contributed by atoms with Gasteiger partial charge in [-0.25, -0.2) is 0 Å². The Hall–Kier alpha value is -1.65. The molecule has 0 atom stereocenters. The van der Waals surface area contributed by atoms with Gasteiger partial charge in [-0.15, -0.1) is 0 Å². The van der Waals surface area contributed by atoms with Gasteiger partial charge in [0.1, 0.15) is 0 Å². The summed E-state index contributed by atoms with van der Waals surface area (Å²) in [4.78, 5) is 2.39. The molecule has 0 aliphatic carbocycles. The van der Waals surface area contributed by atoms with Crippen LogP contribution >= 0.6 is 0 Å². The molecule has 1 aromatic carbocycles. The number of aromatic nitrogens is 2. The first-order chi connectivity index (χ1) is 10.0. The molecule has 112 valence electrons. The molecule has 1 aliphatic rings. The lowest BCUT2D eigenvalue weighted by molar-refractivity contribution is 0.178. The molecular weight excluding hydrogens is 262 g/mol. The molecule has 2 heterocycles. The fourth-order valence-corrected chi connectivity index (χ4v) is 2.99. The van der Waals surface area contributed by atoms with Crippen molar-refractivity contribution in [3.05, 3.63) is 52.8 Å². The van der Waals surface area contributed by atoms with Crippen LogP contribution in [0.2, 0.25) is 0 Å². The van der Waals surface area contributed by atoms with Crippen LogP contribution in [0, 0.1) is 0 Å². The predicted octanol–water partition coefficient (Wildman–Crippen LogP) is 2.76. The molecule has 1 aliphatic heterocycles. The van der Waals surface area contributed by atoms with Crippen LogP contribution in [0.3, 0.4) is 0 Å². The van der Waals surface area contributed by atoms with E-state index in [-0.39, 0.29) is 5.54 Å². The fourth-order valence-electron chi connectivity index (χ4n) is 2.99. The molecule has 2 aromatic rings. The fraction of sp³-hybridized carbons (Fsp3) is 0.471. The summed E-state index contributed by atoms with van der Waals surface area (Å²) < 4.78 is 7.08. The van der Waals surface area contributed by atoms with Gasteiger partial charge in [-0.05, 0) is 43.7 Å². The number of nitrogens with zero attached hydrogens (tertiary/aromatic N) is 3. The normalized spacial score (nSPS) is 17.1. The van der Waals surface area contributed by atoms with E-state index >= 15 is 0 Å². The maximum absolute atomic E-state index is 5.11. The molecule has 0 unspecified atom stereocenters. The first kappa shape index (κ1) is 14.3. The second-order valence-corrected chi connectivity index (χ2v) is 6.34. The molecule has 0 spiro atoms. The Labute approximate surface area is 126 Å². The van der Waals surface area contributed by atoms with Gasteiger partial charge in [0.25, 0.3) is 0 Å². The zero-order valence-electron chi connectivity index (χ0n) is 13.3. The highest BCUT2D eigenvalue weighted by atomic mass is 16.5. The van der Waals surface area contributed by atoms with Crippen molar-refractivity contribution in [2.75, 3.05) is 14.2 Å². The van der Waals surface area contributed by atoms with Crippen molar-refractivity contribution in [3.8, 4) is 0 Å². The molecule has 0 saturated heterocycles. The number of benzene rings is 1. The van der Waals surface area contributed by atoms with E-state index in [0.717, 1.165) is 18.8 Å². The number of hydrogen-bond acceptors (Lipinski definition) is 3. The summed E-state index contributed by atoms with van der Waals surface area (Å²) in [6.45, 7) is 6.97. The second kappa shape index (κ2) is 5.28. The van der Waals surface area contributed by atoms with Gasteiger partial charge in [0, 0.05) is 25.4 Å². The maximum Gasteiger partial charge on any atom is 0.0902 e. The summed E-state index contributed by atoms with van der Waals surface area (Å²) in [5, 5.41) is 4.52. The molecule has 0 fully saturated rings. The van der Waals surface area contributed by atoms with Gasteiger partial charge >= 0.3 is 0 Å². The Kier molecular flexibility index (Phi) is 3.59. The Bertz CT molecular complexity index is 645. The summed E-state index contributed by atoms with van der Waals surface area (Å²) in [6.07, 6.45) is 2.01. The van der Waals surface area contributed by atoms with E-state index in [1.807, 2.05) is 16.9 Å². The van der Waals surface area contributed by atoms with Crippen LogP contribution in [-0.2, 0) is 30.0 Å². The lowest BCUT2D eigenvalue weighted by atomic mass is 9.92. The third-order valence-corrected chi connectivity index (χ3v) is 4.53. The Morgan fingerprint density at radius 3 is 2.86 bits per heavy atom. The third kappa shape index (κ3) is 2.61. The molecule has 4 heteroatoms. The minimum Gasteiger partial charge on any atom is -0.378 e. The van der Waals surface area contributed by atoms with Gasteiger partial charge < -0.3 is 4.74 Å². The molecule has 0 radical (unpaired) electrons. The first-order valence-corrected chi connectivity index (χ1v) is 7.35. The SMILES string of the molecule is COCc1ccn(Cc2ccc3c(c2)C(C)(C)N(C)C3)n1. The van der Waals surface area contributed by atoms with Gasteiger partial charge in [-0.2, -0.15) is 5.10 Å². The summed E-state index contributed by atoms with van der Waals surface area (Å²) in [5.74, 6) is 0. The van der Waals surface area contributed by atoms with Crippen LogP contribution in [0.1, 0.15) is 36.2 Å². The highest BCUT2D eigenvalue weighted by Crippen LogP contribution is 2.37. The van der Waals surface area contributed by atoms with Crippen LogP contribution < -0.4 is 0 Å². The average molecular weight is 285 g/mol. The van der Waals surface area contributed by atoms with Crippen LogP contribution in [-0.4, -0.2) is 28.8 Å². The van der Waals surface area contributed by atoms with E-state index in [1.165, 1.54) is 16.7 Å². The van der Waals surface area contributed by atoms with Crippen molar-refractivity contribution >= 4 is 0 Å². The maximum atomic E-state index is 5.11. The zero-order valence-corrected chi connectivity index (χ0v) is 13.3. The van der Waals surface area contributed by atoms with Crippen molar-refractivity contribution < 1.29 is 4.74 Å². The average Bonchev–Trinajstić information content (AvgIpc) is 2.96. The smallest absolute Gasteiger partial charge is 0.0902 e. The standard InChI is InChI=1S/C17H23N3O/c1-17(2)16-9-13(5-6-14(16)11-19(17)3)10-20-8-7-15(18-20)12-21-4/h5-9H,10-12H2,1-4H3. The van der Waals surface area contributed by atoms with Crippen molar-refractivity contribution in [2.45, 2.75) is 39.1 Å². The molecule has 0 amide bonds. The van der Waals surface area contributed by atoms with E-state index < -0.39 is 0 Å². The van der Waals surface area contributed by atoms with Gasteiger partial charge in [0.05, 0.1) is 18.8 Å². The summed E-state index contributed by atoms with van der Waals surface area (Å²) in [6, 6.07) is 8.81. The van der Waals surface area contributed by atoms with Crippen molar-refractivity contribution in [2.24, 2.45) is 0 Å². The lowest BCUT2D eigenvalue weighted by Crippen LogP contribution is -2.31. The van der Waals surface area contributed by atoms with Gasteiger partial charge in [0.15, 0.2) is 0 Å². The number of fused-ring (bicyclic) bond motifs is 1. The third-order valence-electron chi connectivity index (χ3n) is 4.53. The Morgan fingerprint density at radius 2 is 2.10 bits per heavy atom. The van der Waals surface area contributed by atoms with Crippen LogP contribution in [0.5, 0.6) is 0 Å². The van der Waals surface area contributed by atoms with E-state index in [0.29, 0.717) is 6.61 Å². The Balaban J connectivity index is 1.83. The summed E-state index contributed by atoms with van der Waals surface area (Å²) in [7, 11) is 3.88. The summed E-state index contributed by atoms with van der Waals surface area (Å²) in [5.41, 5.74) is 5.25. The number of hydrogen-bond donors (Lipinski definition) is 0. The van der Waals surface area contributed by atoms with E-state index in [1.54, 1.807) is 7.11 Å². The predicted molar refractivity (Wildman–Crippen MR) is 83.0 cm³/mol. The van der Waals surface area contributed by atoms with Crippen molar-refractivity contribution in [1.82, 2.24) is 14.7 Å². The van der Waals surface area contributed by atoms with Crippen LogP contribution in [0.25, 0.3) is 0 Å². The van der Waals surface area contributed by atoms with Gasteiger partial charge in [0.2, 0.25) is 0 Å². The number of rotatable bonds is 4. The molecule has 0 saturated carbocycles.